The van der Waals surface area contributed by atoms with E-state index in [1.165, 1.54) is 4.90 Å². The van der Waals surface area contributed by atoms with Gasteiger partial charge in [0.1, 0.15) is 6.04 Å². The van der Waals surface area contributed by atoms with Gasteiger partial charge >= 0.3 is 12.1 Å². The molecule has 3 aromatic rings. The normalized spacial score (nSPS) is 18.8. The van der Waals surface area contributed by atoms with E-state index in [1.54, 1.807) is 29.2 Å². The van der Waals surface area contributed by atoms with Gasteiger partial charge in [-0.3, -0.25) is 14.5 Å². The smallest absolute Gasteiger partial charge is 0.415 e. The molecule has 0 spiro atoms. The maximum Gasteiger partial charge on any atom is 0.415 e. The van der Waals surface area contributed by atoms with Crippen molar-refractivity contribution in [1.82, 2.24) is 20.9 Å². The van der Waals surface area contributed by atoms with Crippen LogP contribution in [0.4, 0.5) is 15.3 Å². The van der Waals surface area contributed by atoms with Gasteiger partial charge in [0, 0.05) is 24.8 Å². The summed E-state index contributed by atoms with van der Waals surface area (Å²) < 4.78 is 5.45. The Balaban J connectivity index is 1.34. The molecular weight excluding hydrogens is 610 g/mol. The Morgan fingerprint density at radius 2 is 1.50 bits per heavy atom. The third kappa shape index (κ3) is 8.92. The number of aliphatic hydroxyl groups is 1. The molecule has 5 amide bonds. The predicted octanol–water partition coefficient (Wildman–Crippen LogP) is 3.66. The minimum Gasteiger partial charge on any atom is -0.434 e. The number of anilines is 1. The minimum atomic E-state index is -1.08. The van der Waals surface area contributed by atoms with Gasteiger partial charge in [-0.25, -0.2) is 9.59 Å². The summed E-state index contributed by atoms with van der Waals surface area (Å²) in [6, 6.07) is 25.9. The molecule has 2 fully saturated rings. The van der Waals surface area contributed by atoms with Gasteiger partial charge in [0.25, 0.3) is 5.91 Å². The molecule has 48 heavy (non-hydrogen) atoms. The van der Waals surface area contributed by atoms with Crippen molar-refractivity contribution in [3.05, 3.63) is 102 Å². The molecule has 4 unspecified atom stereocenters. The summed E-state index contributed by atoms with van der Waals surface area (Å²) in [6.45, 7) is 4.91. The van der Waals surface area contributed by atoms with E-state index >= 15 is 0 Å². The van der Waals surface area contributed by atoms with Crippen LogP contribution >= 0.6 is 0 Å². The number of nitrogens with zero attached hydrogens (tertiary/aromatic N) is 2. The number of cyclic esters (lactones) is 1. The van der Waals surface area contributed by atoms with Crippen molar-refractivity contribution in [2.24, 2.45) is 5.92 Å². The summed E-state index contributed by atoms with van der Waals surface area (Å²) in [7, 11) is 0. The molecule has 11 heteroatoms. The lowest BCUT2D eigenvalue weighted by atomic mass is 9.92. The number of para-hydroxylation sites is 1. The van der Waals surface area contributed by atoms with Crippen LogP contribution < -0.4 is 20.9 Å². The van der Waals surface area contributed by atoms with Gasteiger partial charge in [-0.2, -0.15) is 0 Å². The highest BCUT2D eigenvalue weighted by atomic mass is 16.6. The number of nitrogens with one attached hydrogen (secondary N) is 3. The van der Waals surface area contributed by atoms with E-state index in [1.807, 2.05) is 80.6 Å². The van der Waals surface area contributed by atoms with E-state index in [4.69, 9.17) is 4.74 Å². The standard InChI is InChI=1S/C37H45N5O6/c1-25(2)33(41-20-12-19-38-36(41)46)35(45)39-28(21-26-13-6-3-7-14-26)23-31(43)30(22-27-15-8-4-9-16-27)40-34(44)32-24-42(37(47)48-32)29-17-10-5-11-18-29/h3-11,13-18,25,28,30-33,43H,12,19-24H2,1-2H3,(H,38,46)(H,39,45)(H,40,44)/t28?,30?,31-,32?,33?/m0/s1. The number of amides is 5. The number of ether oxygens (including phenoxy) is 1. The second-order valence-electron chi connectivity index (χ2n) is 12.8. The molecule has 2 saturated heterocycles. The maximum atomic E-state index is 13.9. The Morgan fingerprint density at radius 3 is 2.10 bits per heavy atom. The van der Waals surface area contributed by atoms with Crippen molar-refractivity contribution >= 4 is 29.6 Å². The summed E-state index contributed by atoms with van der Waals surface area (Å²) in [5.74, 6) is -0.954. The molecule has 0 radical (unpaired) electrons. The summed E-state index contributed by atoms with van der Waals surface area (Å²) in [4.78, 5) is 55.8. The fraction of sp³-hybridized carbons (Fsp3) is 0.405. The Hall–Kier alpha value is -4.90. The van der Waals surface area contributed by atoms with Crippen molar-refractivity contribution in [3.8, 4) is 0 Å². The van der Waals surface area contributed by atoms with Gasteiger partial charge in [-0.15, -0.1) is 0 Å². The summed E-state index contributed by atoms with van der Waals surface area (Å²) >= 11 is 0. The zero-order valence-electron chi connectivity index (χ0n) is 27.5. The minimum absolute atomic E-state index is 0.0379. The van der Waals surface area contributed by atoms with Crippen LogP contribution in [0.2, 0.25) is 0 Å². The molecule has 4 N–H and O–H groups in total. The highest BCUT2D eigenvalue weighted by Crippen LogP contribution is 2.22. The first kappa shape index (κ1) is 34.4. The van der Waals surface area contributed by atoms with Gasteiger partial charge < -0.3 is 30.7 Å². The molecule has 2 aliphatic heterocycles. The van der Waals surface area contributed by atoms with Crippen LogP contribution in [-0.2, 0) is 27.2 Å². The van der Waals surface area contributed by atoms with Gasteiger partial charge in [-0.1, -0.05) is 92.7 Å². The van der Waals surface area contributed by atoms with Crippen LogP contribution in [0, 0.1) is 5.92 Å². The van der Waals surface area contributed by atoms with E-state index in [0.29, 0.717) is 31.6 Å². The Bertz CT molecular complexity index is 1520. The first-order valence-electron chi connectivity index (χ1n) is 16.6. The third-order valence-corrected chi connectivity index (χ3v) is 8.81. The lowest BCUT2D eigenvalue weighted by molar-refractivity contribution is -0.130. The van der Waals surface area contributed by atoms with Crippen molar-refractivity contribution in [1.29, 1.82) is 0 Å². The number of hydrogen-bond acceptors (Lipinski definition) is 6. The average Bonchev–Trinajstić information content (AvgIpc) is 3.48. The maximum absolute atomic E-state index is 13.9. The third-order valence-electron chi connectivity index (χ3n) is 8.81. The quantitative estimate of drug-likeness (QED) is 0.209. The number of urea groups is 1. The molecule has 0 aromatic heterocycles. The highest BCUT2D eigenvalue weighted by Gasteiger charge is 2.39. The molecule has 0 bridgehead atoms. The van der Waals surface area contributed by atoms with Gasteiger partial charge in [0.2, 0.25) is 5.91 Å². The van der Waals surface area contributed by atoms with Crippen LogP contribution in [0.1, 0.15) is 37.8 Å². The molecule has 5 atom stereocenters. The van der Waals surface area contributed by atoms with E-state index in [2.05, 4.69) is 16.0 Å². The molecule has 0 aliphatic carbocycles. The van der Waals surface area contributed by atoms with Crippen LogP contribution in [0.15, 0.2) is 91.0 Å². The molecule has 2 aliphatic rings. The molecule has 254 valence electrons. The van der Waals surface area contributed by atoms with Gasteiger partial charge in [0.15, 0.2) is 6.10 Å². The van der Waals surface area contributed by atoms with Crippen molar-refractivity contribution in [2.75, 3.05) is 24.5 Å². The van der Waals surface area contributed by atoms with Crippen LogP contribution in [0.25, 0.3) is 0 Å². The second kappa shape index (κ2) is 16.3. The van der Waals surface area contributed by atoms with Crippen LogP contribution in [-0.4, -0.2) is 83.9 Å². The van der Waals surface area contributed by atoms with Crippen molar-refractivity contribution < 1.29 is 29.0 Å². The molecule has 5 rings (SSSR count). The van der Waals surface area contributed by atoms with E-state index in [-0.39, 0.29) is 30.8 Å². The monoisotopic (exact) mass is 655 g/mol. The number of aliphatic hydroxyl groups excluding tert-OH is 1. The van der Waals surface area contributed by atoms with Crippen molar-refractivity contribution in [3.63, 3.8) is 0 Å². The first-order valence-corrected chi connectivity index (χ1v) is 16.6. The topological polar surface area (TPSA) is 140 Å². The lowest BCUT2D eigenvalue weighted by Gasteiger charge is -2.37. The second-order valence-corrected chi connectivity index (χ2v) is 12.8. The number of rotatable bonds is 14. The van der Waals surface area contributed by atoms with Crippen LogP contribution in [0.5, 0.6) is 0 Å². The summed E-state index contributed by atoms with van der Waals surface area (Å²) in [6.07, 6.45) is -1.16. The Labute approximate surface area is 281 Å². The molecular formula is C37H45N5O6. The summed E-state index contributed by atoms with van der Waals surface area (Å²) in [5.41, 5.74) is 2.49. The molecule has 2 heterocycles. The van der Waals surface area contributed by atoms with E-state index < -0.39 is 42.3 Å². The number of carbonyl (C=O) groups excluding carboxylic acids is 4. The number of hydrogen-bond donors (Lipinski definition) is 4. The molecule has 11 nitrogen and oxygen atoms in total. The first-order chi connectivity index (χ1) is 23.2. The highest BCUT2D eigenvalue weighted by molar-refractivity contribution is 5.95. The van der Waals surface area contributed by atoms with Gasteiger partial charge in [-0.05, 0) is 54.9 Å². The van der Waals surface area contributed by atoms with Crippen molar-refractivity contribution in [2.45, 2.75) is 69.9 Å². The zero-order chi connectivity index (χ0) is 34.0. The predicted molar refractivity (Wildman–Crippen MR) is 182 cm³/mol. The van der Waals surface area contributed by atoms with Gasteiger partial charge in [0.05, 0.1) is 18.7 Å². The van der Waals surface area contributed by atoms with Crippen LogP contribution in [0.3, 0.4) is 0 Å². The van der Waals surface area contributed by atoms with E-state index in [0.717, 1.165) is 17.5 Å². The average molecular weight is 656 g/mol. The largest absolute Gasteiger partial charge is 0.434 e. The molecule has 3 aromatic carbocycles. The summed E-state index contributed by atoms with van der Waals surface area (Å²) in [5, 5.41) is 20.7. The Kier molecular flexibility index (Phi) is 11.7. The van der Waals surface area contributed by atoms with E-state index in [9.17, 15) is 24.3 Å². The fourth-order valence-corrected chi connectivity index (χ4v) is 6.40. The Morgan fingerprint density at radius 1 is 0.896 bits per heavy atom. The fourth-order valence-electron chi connectivity index (χ4n) is 6.40. The molecule has 0 saturated carbocycles. The SMILES string of the molecule is CC(C)C(C(=O)NC(Cc1ccccc1)C[C@H](O)C(Cc1ccccc1)NC(=O)C1CN(c2ccccc2)C(=O)O1)N1CCCNC1=O. The number of carbonyl (C=O) groups is 4. The zero-order valence-corrected chi connectivity index (χ0v) is 27.5. The number of benzene rings is 3. The lowest BCUT2D eigenvalue weighted by Crippen LogP contribution is -2.59.